The zero-order valence-electron chi connectivity index (χ0n) is 9.01. The number of anilines is 1. The molecule has 0 spiro atoms. The first-order valence-corrected chi connectivity index (χ1v) is 5.01. The summed E-state index contributed by atoms with van der Waals surface area (Å²) in [6.07, 6.45) is 1.24. The Morgan fingerprint density at radius 1 is 1.35 bits per heavy atom. The summed E-state index contributed by atoms with van der Waals surface area (Å²) in [5.74, 6) is 0.620. The molecule has 0 saturated heterocycles. The van der Waals surface area contributed by atoms with Gasteiger partial charge in [0.2, 0.25) is 5.88 Å². The van der Waals surface area contributed by atoms with Crippen LogP contribution in [0.4, 0.5) is 5.69 Å². The Morgan fingerprint density at radius 2 is 2.12 bits per heavy atom. The van der Waals surface area contributed by atoms with Gasteiger partial charge in [0.1, 0.15) is 5.75 Å². The van der Waals surface area contributed by atoms with Gasteiger partial charge in [-0.2, -0.15) is 0 Å². The molecule has 5 N–H and O–H groups in total. The Labute approximate surface area is 97.2 Å². The minimum absolute atomic E-state index is 0.0562. The first-order chi connectivity index (χ1) is 8.22. The van der Waals surface area contributed by atoms with Gasteiger partial charge in [-0.3, -0.25) is 4.79 Å². The van der Waals surface area contributed by atoms with Crippen molar-refractivity contribution >= 4 is 5.69 Å². The van der Waals surface area contributed by atoms with Crippen LogP contribution in [0.5, 0.6) is 11.6 Å². The second kappa shape index (κ2) is 4.67. The fraction of sp³-hybridized carbons (Fsp3) is 0.0909. The van der Waals surface area contributed by atoms with Crippen LogP contribution in [0, 0.1) is 0 Å². The summed E-state index contributed by atoms with van der Waals surface area (Å²) < 4.78 is 5.48. The van der Waals surface area contributed by atoms with Crippen molar-refractivity contribution < 1.29 is 4.74 Å². The smallest absolute Gasteiger partial charge is 0.277 e. The summed E-state index contributed by atoms with van der Waals surface area (Å²) in [6, 6.07) is 7.23. The number of benzene rings is 1. The number of nitrogens with one attached hydrogen (secondary N) is 1. The second-order valence-corrected chi connectivity index (χ2v) is 3.36. The lowest BCUT2D eigenvalue weighted by atomic mass is 10.2. The third kappa shape index (κ3) is 2.26. The molecule has 2 aromatic rings. The number of aromatic nitrogens is 2. The van der Waals surface area contributed by atoms with Crippen molar-refractivity contribution in [1.82, 2.24) is 9.97 Å². The van der Waals surface area contributed by atoms with E-state index in [0.717, 1.165) is 5.56 Å². The maximum atomic E-state index is 11.3. The van der Waals surface area contributed by atoms with Gasteiger partial charge in [-0.25, -0.2) is 4.98 Å². The number of hydrogen-bond acceptors (Lipinski definition) is 5. The van der Waals surface area contributed by atoms with E-state index in [4.69, 9.17) is 16.2 Å². The molecule has 1 aromatic carbocycles. The molecule has 0 aliphatic heterocycles. The van der Waals surface area contributed by atoms with Crippen LogP contribution in [0.3, 0.4) is 0 Å². The molecule has 0 unspecified atom stereocenters. The summed E-state index contributed by atoms with van der Waals surface area (Å²) in [5.41, 5.74) is 11.5. The van der Waals surface area contributed by atoms with Crippen LogP contribution >= 0.6 is 0 Å². The lowest BCUT2D eigenvalue weighted by molar-refractivity contribution is 0.458. The summed E-state index contributed by atoms with van der Waals surface area (Å²) in [5, 5.41) is 0. The first-order valence-electron chi connectivity index (χ1n) is 5.01. The minimum atomic E-state index is -0.430. The molecule has 0 radical (unpaired) electrons. The topological polar surface area (TPSA) is 107 Å². The number of nitrogen functional groups attached to an aromatic ring is 1. The Bertz CT molecular complexity index is 580. The molecule has 17 heavy (non-hydrogen) atoms. The molecular formula is C11H12N4O2. The molecule has 6 heteroatoms. The number of nitrogens with two attached hydrogens (primary N) is 2. The van der Waals surface area contributed by atoms with E-state index in [1.807, 2.05) is 12.1 Å². The van der Waals surface area contributed by atoms with Crippen molar-refractivity contribution in [2.75, 3.05) is 5.73 Å². The largest absolute Gasteiger partial charge is 0.437 e. The average molecular weight is 232 g/mol. The highest BCUT2D eigenvalue weighted by molar-refractivity contribution is 5.48. The van der Waals surface area contributed by atoms with Crippen molar-refractivity contribution in [3.63, 3.8) is 0 Å². The highest BCUT2D eigenvalue weighted by atomic mass is 16.5. The predicted molar refractivity (Wildman–Crippen MR) is 63.7 cm³/mol. The van der Waals surface area contributed by atoms with Crippen LogP contribution in [0.2, 0.25) is 0 Å². The van der Waals surface area contributed by atoms with Crippen molar-refractivity contribution in [1.29, 1.82) is 0 Å². The number of aromatic amines is 1. The van der Waals surface area contributed by atoms with Crippen molar-refractivity contribution in [3.8, 4) is 11.6 Å². The summed E-state index contributed by atoms with van der Waals surface area (Å²) in [7, 11) is 0. The first kappa shape index (κ1) is 11.2. The molecule has 0 aliphatic carbocycles. The highest BCUT2D eigenvalue weighted by Crippen LogP contribution is 2.25. The molecule has 0 aliphatic rings. The zero-order chi connectivity index (χ0) is 12.3. The molecular weight excluding hydrogens is 220 g/mol. The van der Waals surface area contributed by atoms with Gasteiger partial charge in [0.25, 0.3) is 5.56 Å². The van der Waals surface area contributed by atoms with Gasteiger partial charge in [0.05, 0.1) is 6.33 Å². The van der Waals surface area contributed by atoms with E-state index < -0.39 is 5.56 Å². The molecule has 0 amide bonds. The molecule has 0 bridgehead atoms. The van der Waals surface area contributed by atoms with Crippen molar-refractivity contribution in [3.05, 3.63) is 46.5 Å². The van der Waals surface area contributed by atoms with Crippen molar-refractivity contribution in [2.45, 2.75) is 6.54 Å². The zero-order valence-corrected chi connectivity index (χ0v) is 9.01. The predicted octanol–water partition coefficient (Wildman–Crippen LogP) is 0.603. The molecule has 88 valence electrons. The lowest BCUT2D eigenvalue weighted by Crippen LogP contribution is -2.13. The van der Waals surface area contributed by atoms with Crippen LogP contribution in [0.25, 0.3) is 0 Å². The monoisotopic (exact) mass is 232 g/mol. The maximum absolute atomic E-state index is 11.3. The van der Waals surface area contributed by atoms with Gasteiger partial charge >= 0.3 is 0 Å². The quantitative estimate of drug-likeness (QED) is 0.718. The maximum Gasteiger partial charge on any atom is 0.277 e. The molecule has 0 atom stereocenters. The van der Waals surface area contributed by atoms with Gasteiger partial charge in [-0.15, -0.1) is 0 Å². The van der Waals surface area contributed by atoms with Gasteiger partial charge in [0, 0.05) is 12.1 Å². The SMILES string of the molecule is NCc1ccccc1Oc1nc[nH]c(=O)c1N. The lowest BCUT2D eigenvalue weighted by Gasteiger charge is -2.09. The molecule has 1 aromatic heterocycles. The van der Waals surface area contributed by atoms with Crippen LogP contribution in [0.15, 0.2) is 35.4 Å². The number of H-pyrrole nitrogens is 1. The minimum Gasteiger partial charge on any atom is -0.437 e. The Balaban J connectivity index is 2.38. The Morgan fingerprint density at radius 3 is 2.88 bits per heavy atom. The Kier molecular flexibility index (Phi) is 3.06. The summed E-state index contributed by atoms with van der Waals surface area (Å²) in [4.78, 5) is 17.5. The number of nitrogens with zero attached hydrogens (tertiary/aromatic N) is 1. The number of ether oxygens (including phenoxy) is 1. The van der Waals surface area contributed by atoms with Gasteiger partial charge in [-0.1, -0.05) is 18.2 Å². The third-order valence-corrected chi connectivity index (χ3v) is 2.25. The fourth-order valence-corrected chi connectivity index (χ4v) is 1.35. The van der Waals surface area contributed by atoms with Gasteiger partial charge in [0.15, 0.2) is 5.69 Å². The van der Waals surface area contributed by atoms with Gasteiger partial charge < -0.3 is 21.2 Å². The number of rotatable bonds is 3. The molecule has 0 saturated carbocycles. The van der Waals surface area contributed by atoms with E-state index in [2.05, 4.69) is 9.97 Å². The standard InChI is InChI=1S/C11H12N4O2/c12-5-7-3-1-2-4-8(7)17-11-9(13)10(16)14-6-15-11/h1-4,6H,5,12-13H2,(H,14,15,16). The van der Waals surface area contributed by atoms with E-state index in [0.29, 0.717) is 12.3 Å². The van der Waals surface area contributed by atoms with E-state index in [9.17, 15) is 4.79 Å². The normalized spacial score (nSPS) is 10.2. The fourth-order valence-electron chi connectivity index (χ4n) is 1.35. The highest BCUT2D eigenvalue weighted by Gasteiger charge is 2.09. The molecule has 2 rings (SSSR count). The third-order valence-electron chi connectivity index (χ3n) is 2.25. The average Bonchev–Trinajstić information content (AvgIpc) is 2.35. The number of para-hydroxylation sites is 1. The molecule has 0 fully saturated rings. The Hall–Kier alpha value is -2.34. The van der Waals surface area contributed by atoms with E-state index in [1.165, 1.54) is 6.33 Å². The molecule has 1 heterocycles. The van der Waals surface area contributed by atoms with Crippen LogP contribution in [-0.2, 0) is 6.54 Å². The van der Waals surface area contributed by atoms with E-state index in [-0.39, 0.29) is 11.6 Å². The van der Waals surface area contributed by atoms with Crippen LogP contribution in [-0.4, -0.2) is 9.97 Å². The number of hydrogen-bond donors (Lipinski definition) is 3. The van der Waals surface area contributed by atoms with Crippen LogP contribution in [0.1, 0.15) is 5.56 Å². The van der Waals surface area contributed by atoms with Crippen molar-refractivity contribution in [2.24, 2.45) is 5.73 Å². The van der Waals surface area contributed by atoms with Crippen LogP contribution < -0.4 is 21.8 Å². The van der Waals surface area contributed by atoms with Gasteiger partial charge in [-0.05, 0) is 6.07 Å². The molecule has 6 nitrogen and oxygen atoms in total. The van der Waals surface area contributed by atoms with E-state index in [1.54, 1.807) is 12.1 Å². The summed E-state index contributed by atoms with van der Waals surface area (Å²) in [6.45, 7) is 0.333. The summed E-state index contributed by atoms with van der Waals surface area (Å²) >= 11 is 0. The van der Waals surface area contributed by atoms with E-state index >= 15 is 0 Å². The second-order valence-electron chi connectivity index (χ2n) is 3.36.